The Morgan fingerprint density at radius 2 is 1.86 bits per heavy atom. The smallest absolute Gasteiger partial charge is 0.150 e. The SMILES string of the molecule is CCS(=O)(=O)CCCOc1c(Br)cc(CC(C)N)cc1Br. The lowest BCUT2D eigenvalue weighted by Crippen LogP contribution is -2.17. The fourth-order valence-corrected chi connectivity index (χ4v) is 4.19. The van der Waals surface area contributed by atoms with Crippen LogP contribution in [0, 0.1) is 0 Å². The van der Waals surface area contributed by atoms with Gasteiger partial charge >= 0.3 is 0 Å². The van der Waals surface area contributed by atoms with Crippen LogP contribution >= 0.6 is 31.9 Å². The lowest BCUT2D eigenvalue weighted by molar-refractivity contribution is 0.313. The molecule has 1 rings (SSSR count). The van der Waals surface area contributed by atoms with Crippen molar-refractivity contribution in [3.63, 3.8) is 0 Å². The van der Waals surface area contributed by atoms with E-state index in [2.05, 4.69) is 31.9 Å². The van der Waals surface area contributed by atoms with Crippen molar-refractivity contribution in [1.29, 1.82) is 0 Å². The molecule has 2 N–H and O–H groups in total. The van der Waals surface area contributed by atoms with Crippen LogP contribution in [0.1, 0.15) is 25.8 Å². The summed E-state index contributed by atoms with van der Waals surface area (Å²) in [6, 6.07) is 4.05. The summed E-state index contributed by atoms with van der Waals surface area (Å²) >= 11 is 6.96. The Hall–Kier alpha value is -0.110. The molecule has 0 amide bonds. The molecule has 0 heterocycles. The first-order chi connectivity index (χ1) is 9.75. The van der Waals surface area contributed by atoms with Crippen molar-refractivity contribution in [1.82, 2.24) is 0 Å². The molecule has 120 valence electrons. The van der Waals surface area contributed by atoms with Crippen molar-refractivity contribution in [2.45, 2.75) is 32.7 Å². The summed E-state index contributed by atoms with van der Waals surface area (Å²) in [5.41, 5.74) is 6.91. The van der Waals surface area contributed by atoms with Crippen LogP contribution in [0.5, 0.6) is 5.75 Å². The number of nitrogens with two attached hydrogens (primary N) is 1. The molecule has 0 aliphatic rings. The number of benzene rings is 1. The molecule has 1 aromatic carbocycles. The third-order valence-electron chi connectivity index (χ3n) is 2.90. The first-order valence-corrected chi connectivity index (χ1v) is 10.2. The first-order valence-electron chi connectivity index (χ1n) is 6.82. The molecule has 0 radical (unpaired) electrons. The molecule has 1 atom stereocenters. The Kier molecular flexibility index (Phi) is 7.67. The van der Waals surface area contributed by atoms with E-state index in [1.807, 2.05) is 19.1 Å². The van der Waals surface area contributed by atoms with E-state index in [1.165, 1.54) is 0 Å². The molecule has 1 aromatic rings. The second kappa shape index (κ2) is 8.50. The van der Waals surface area contributed by atoms with Gasteiger partial charge in [-0.05, 0) is 69.3 Å². The highest BCUT2D eigenvalue weighted by atomic mass is 79.9. The highest BCUT2D eigenvalue weighted by Gasteiger charge is 2.11. The molecular weight excluding hydrogens is 422 g/mol. The molecule has 0 aliphatic heterocycles. The summed E-state index contributed by atoms with van der Waals surface area (Å²) in [5, 5.41) is 0. The Morgan fingerprint density at radius 3 is 2.33 bits per heavy atom. The van der Waals surface area contributed by atoms with Crippen LogP contribution in [0.15, 0.2) is 21.1 Å². The molecule has 0 spiro atoms. The molecule has 21 heavy (non-hydrogen) atoms. The number of hydrogen-bond donors (Lipinski definition) is 1. The van der Waals surface area contributed by atoms with Crippen molar-refractivity contribution in [2.75, 3.05) is 18.1 Å². The molecule has 0 saturated heterocycles. The maximum absolute atomic E-state index is 11.4. The normalized spacial score (nSPS) is 13.2. The second-order valence-electron chi connectivity index (χ2n) is 5.01. The van der Waals surface area contributed by atoms with E-state index < -0.39 is 9.84 Å². The fourth-order valence-electron chi connectivity index (χ4n) is 1.84. The van der Waals surface area contributed by atoms with Gasteiger partial charge in [0.05, 0.1) is 21.3 Å². The third kappa shape index (κ3) is 6.67. The number of ether oxygens (including phenoxy) is 1. The molecule has 0 saturated carbocycles. The Balaban J connectivity index is 2.64. The maximum atomic E-state index is 11.4. The van der Waals surface area contributed by atoms with Crippen LogP contribution in [-0.4, -0.2) is 32.6 Å². The van der Waals surface area contributed by atoms with Crippen molar-refractivity contribution in [2.24, 2.45) is 5.73 Å². The first kappa shape index (κ1) is 18.9. The van der Waals surface area contributed by atoms with Gasteiger partial charge in [-0.15, -0.1) is 0 Å². The number of sulfone groups is 1. The van der Waals surface area contributed by atoms with E-state index in [1.54, 1.807) is 6.92 Å². The van der Waals surface area contributed by atoms with E-state index in [0.29, 0.717) is 18.8 Å². The molecule has 0 aromatic heterocycles. The zero-order chi connectivity index (χ0) is 16.0. The van der Waals surface area contributed by atoms with E-state index in [4.69, 9.17) is 10.5 Å². The predicted molar refractivity (Wildman–Crippen MR) is 93.6 cm³/mol. The zero-order valence-electron chi connectivity index (χ0n) is 12.2. The summed E-state index contributed by atoms with van der Waals surface area (Å²) in [7, 11) is -2.93. The van der Waals surface area contributed by atoms with Crippen LogP contribution in [0.3, 0.4) is 0 Å². The lowest BCUT2D eigenvalue weighted by atomic mass is 10.1. The Bertz CT molecular complexity index is 551. The molecule has 4 nitrogen and oxygen atoms in total. The maximum Gasteiger partial charge on any atom is 0.150 e. The van der Waals surface area contributed by atoms with Crippen LogP contribution in [0.4, 0.5) is 0 Å². The number of hydrogen-bond acceptors (Lipinski definition) is 4. The van der Waals surface area contributed by atoms with Crippen LogP contribution in [-0.2, 0) is 16.3 Å². The topological polar surface area (TPSA) is 69.4 Å². The van der Waals surface area contributed by atoms with Crippen molar-refractivity contribution >= 4 is 41.7 Å². The Labute approximate surface area is 143 Å². The summed E-state index contributed by atoms with van der Waals surface area (Å²) in [5.74, 6) is 1.02. The molecule has 0 fully saturated rings. The lowest BCUT2D eigenvalue weighted by Gasteiger charge is -2.13. The zero-order valence-corrected chi connectivity index (χ0v) is 16.2. The summed E-state index contributed by atoms with van der Waals surface area (Å²) in [6.07, 6.45) is 1.27. The predicted octanol–water partition coefficient (Wildman–Crippen LogP) is 3.30. The minimum absolute atomic E-state index is 0.0924. The van der Waals surface area contributed by atoms with Crippen LogP contribution < -0.4 is 10.5 Å². The summed E-state index contributed by atoms with van der Waals surface area (Å²) in [6.45, 7) is 3.98. The molecule has 0 aliphatic carbocycles. The third-order valence-corrected chi connectivity index (χ3v) is 5.87. The average Bonchev–Trinajstić information content (AvgIpc) is 2.36. The fraction of sp³-hybridized carbons (Fsp3) is 0.571. The average molecular weight is 443 g/mol. The van der Waals surface area contributed by atoms with Gasteiger partial charge < -0.3 is 10.5 Å². The van der Waals surface area contributed by atoms with Gasteiger partial charge in [0.15, 0.2) is 0 Å². The van der Waals surface area contributed by atoms with Gasteiger partial charge in [0.25, 0.3) is 0 Å². The van der Waals surface area contributed by atoms with Gasteiger partial charge in [-0.2, -0.15) is 0 Å². The van der Waals surface area contributed by atoms with E-state index in [9.17, 15) is 8.42 Å². The van der Waals surface area contributed by atoms with E-state index >= 15 is 0 Å². The Morgan fingerprint density at radius 1 is 1.29 bits per heavy atom. The van der Waals surface area contributed by atoms with Gasteiger partial charge in [0.1, 0.15) is 15.6 Å². The largest absolute Gasteiger partial charge is 0.491 e. The monoisotopic (exact) mass is 441 g/mol. The van der Waals surface area contributed by atoms with Gasteiger partial charge in [-0.25, -0.2) is 8.42 Å². The quantitative estimate of drug-likeness (QED) is 0.627. The van der Waals surface area contributed by atoms with Gasteiger partial charge in [-0.1, -0.05) is 6.92 Å². The van der Waals surface area contributed by atoms with Gasteiger partial charge in [-0.3, -0.25) is 0 Å². The molecular formula is C14H21Br2NO3S. The van der Waals surface area contributed by atoms with Crippen LogP contribution in [0.25, 0.3) is 0 Å². The number of halogens is 2. The number of rotatable bonds is 8. The summed E-state index contributed by atoms with van der Waals surface area (Å²) < 4.78 is 30.2. The molecule has 7 heteroatoms. The minimum Gasteiger partial charge on any atom is -0.491 e. The highest BCUT2D eigenvalue weighted by Crippen LogP contribution is 2.35. The summed E-state index contributed by atoms with van der Waals surface area (Å²) in [4.78, 5) is 0. The minimum atomic E-state index is -2.93. The van der Waals surface area contributed by atoms with E-state index in [0.717, 1.165) is 20.9 Å². The van der Waals surface area contributed by atoms with Crippen molar-refractivity contribution in [3.8, 4) is 5.75 Å². The van der Waals surface area contributed by atoms with Gasteiger partial charge in [0.2, 0.25) is 0 Å². The highest BCUT2D eigenvalue weighted by molar-refractivity contribution is 9.11. The van der Waals surface area contributed by atoms with E-state index in [-0.39, 0.29) is 17.5 Å². The molecule has 1 unspecified atom stereocenters. The standard InChI is InChI=1S/C14H21Br2NO3S/c1-3-21(18,19)6-4-5-20-14-12(15)8-11(7-10(2)17)9-13(14)16/h8-10H,3-7,17H2,1-2H3. The van der Waals surface area contributed by atoms with Crippen molar-refractivity contribution in [3.05, 3.63) is 26.6 Å². The van der Waals surface area contributed by atoms with Crippen LogP contribution in [0.2, 0.25) is 0 Å². The second-order valence-corrected chi connectivity index (χ2v) is 9.19. The van der Waals surface area contributed by atoms with Gasteiger partial charge in [0, 0.05) is 11.8 Å². The molecule has 0 bridgehead atoms. The van der Waals surface area contributed by atoms with Crippen molar-refractivity contribution < 1.29 is 13.2 Å².